The molecule has 27 heavy (non-hydrogen) atoms. The van der Waals surface area contributed by atoms with E-state index in [-0.39, 0.29) is 25.4 Å². The lowest BCUT2D eigenvalue weighted by atomic mass is 10.4. The standard InChI is InChI=1S/C8H12FNO4.C3H4F4O2.C3H7F/c1-6(2)7(11)13-4-3-10-8(12)14-5-9;4-2-8-3(5,6)1-9-7;1-2-3-4/h1,3-5H2,2H3,(H,10,12);1-2H2;2-3H2,1H3. The largest absolute Gasteiger partial charge is 0.460 e. The Labute approximate surface area is 152 Å². The van der Waals surface area contributed by atoms with Gasteiger partial charge < -0.3 is 14.8 Å². The van der Waals surface area contributed by atoms with E-state index in [1.165, 1.54) is 6.92 Å². The number of hydrogen-bond acceptors (Lipinski definition) is 6. The number of nitrogens with one attached hydrogen (secondary N) is 1. The zero-order chi connectivity index (χ0) is 21.7. The van der Waals surface area contributed by atoms with Gasteiger partial charge in [-0.15, -0.1) is 0 Å². The average Bonchev–Trinajstić information content (AvgIpc) is 2.59. The third kappa shape index (κ3) is 26.3. The Balaban J connectivity index is -0.000000378. The molecule has 0 aromatic carbocycles. The SMILES string of the molecule is C=C(C)C(=O)OCCNC(=O)OCF.CCCF.FCOC(F)(F)COF. The van der Waals surface area contributed by atoms with Crippen molar-refractivity contribution >= 4 is 12.1 Å². The number of halogens is 6. The summed E-state index contributed by atoms with van der Waals surface area (Å²) >= 11 is 0. The zero-order valence-electron chi connectivity index (χ0n) is 14.9. The van der Waals surface area contributed by atoms with Crippen molar-refractivity contribution in [2.75, 3.05) is 40.2 Å². The third-order valence-electron chi connectivity index (χ3n) is 1.82. The van der Waals surface area contributed by atoms with Gasteiger partial charge in [0, 0.05) is 5.57 Å². The van der Waals surface area contributed by atoms with Crippen molar-refractivity contribution < 1.29 is 55.2 Å². The summed E-state index contributed by atoms with van der Waals surface area (Å²) in [6.07, 6.45) is -4.11. The number of hydrogen-bond donors (Lipinski definition) is 1. The van der Waals surface area contributed by atoms with E-state index < -0.39 is 38.5 Å². The Morgan fingerprint density at radius 2 is 1.67 bits per heavy atom. The van der Waals surface area contributed by atoms with Crippen LogP contribution in [0.2, 0.25) is 0 Å². The molecule has 0 heterocycles. The molecule has 0 saturated carbocycles. The Morgan fingerprint density at radius 3 is 2.04 bits per heavy atom. The monoisotopic (exact) mass is 415 g/mol. The fraction of sp³-hybridized carbons (Fsp3) is 0.714. The van der Waals surface area contributed by atoms with Crippen molar-refractivity contribution in [3.05, 3.63) is 12.2 Å². The number of alkyl halides is 5. The molecule has 0 aromatic rings. The quantitative estimate of drug-likeness (QED) is 0.254. The van der Waals surface area contributed by atoms with Gasteiger partial charge in [-0.05, 0) is 17.9 Å². The summed E-state index contributed by atoms with van der Waals surface area (Å²) < 4.78 is 78.5. The van der Waals surface area contributed by atoms with E-state index in [1.807, 2.05) is 0 Å². The fourth-order valence-corrected chi connectivity index (χ4v) is 0.706. The molecule has 0 bridgehead atoms. The van der Waals surface area contributed by atoms with Crippen LogP contribution in [0.3, 0.4) is 0 Å². The molecule has 0 aromatic heterocycles. The maximum Gasteiger partial charge on any atom is 0.409 e. The number of carbonyl (C=O) groups excluding carboxylic acids is 2. The molecular weight excluding hydrogens is 392 g/mol. The lowest BCUT2D eigenvalue weighted by Gasteiger charge is -2.10. The Morgan fingerprint density at radius 1 is 1.11 bits per heavy atom. The van der Waals surface area contributed by atoms with E-state index in [1.54, 1.807) is 6.92 Å². The molecule has 0 saturated heterocycles. The molecule has 0 unspecified atom stereocenters. The minimum absolute atomic E-state index is 0.00687. The molecule has 1 amide bonds. The van der Waals surface area contributed by atoms with E-state index >= 15 is 0 Å². The minimum Gasteiger partial charge on any atom is -0.460 e. The van der Waals surface area contributed by atoms with Crippen LogP contribution in [0.5, 0.6) is 0 Å². The first-order valence-electron chi connectivity index (χ1n) is 7.28. The molecule has 0 aliphatic carbocycles. The van der Waals surface area contributed by atoms with Crippen LogP contribution in [0.4, 0.5) is 31.3 Å². The summed E-state index contributed by atoms with van der Waals surface area (Å²) in [4.78, 5) is 23.8. The maximum absolute atomic E-state index is 11.6. The van der Waals surface area contributed by atoms with Crippen LogP contribution in [0.1, 0.15) is 20.3 Å². The first-order chi connectivity index (χ1) is 12.6. The molecule has 0 aliphatic rings. The second-order valence-corrected chi connectivity index (χ2v) is 4.22. The zero-order valence-corrected chi connectivity index (χ0v) is 14.9. The molecule has 162 valence electrons. The molecule has 0 radical (unpaired) electrons. The predicted molar refractivity (Wildman–Crippen MR) is 81.6 cm³/mol. The number of rotatable bonds is 10. The van der Waals surface area contributed by atoms with Gasteiger partial charge in [0.05, 0.1) is 13.2 Å². The summed E-state index contributed by atoms with van der Waals surface area (Å²) in [7, 11) is 0. The van der Waals surface area contributed by atoms with Gasteiger partial charge in [-0.1, -0.05) is 13.5 Å². The third-order valence-corrected chi connectivity index (χ3v) is 1.82. The second kappa shape index (κ2) is 20.3. The number of carbonyl (C=O) groups is 2. The highest BCUT2D eigenvalue weighted by molar-refractivity contribution is 5.86. The molecule has 0 spiro atoms. The summed E-state index contributed by atoms with van der Waals surface area (Å²) in [5, 5.41) is 2.17. The van der Waals surface area contributed by atoms with E-state index in [0.717, 1.165) is 0 Å². The normalized spacial score (nSPS) is 9.78. The van der Waals surface area contributed by atoms with E-state index in [9.17, 15) is 36.1 Å². The molecular formula is C14H23F6NO6. The molecule has 7 nitrogen and oxygen atoms in total. The first-order valence-corrected chi connectivity index (χ1v) is 7.28. The van der Waals surface area contributed by atoms with Crippen LogP contribution < -0.4 is 5.32 Å². The van der Waals surface area contributed by atoms with Crippen LogP contribution in [0.15, 0.2) is 12.2 Å². The summed E-state index contributed by atoms with van der Waals surface area (Å²) in [6, 6.07) is 0. The van der Waals surface area contributed by atoms with Crippen molar-refractivity contribution in [1.82, 2.24) is 5.32 Å². The highest BCUT2D eigenvalue weighted by atomic mass is 19.3. The number of amides is 1. The molecule has 0 aliphatic heterocycles. The molecule has 13 heteroatoms. The topological polar surface area (TPSA) is 83.1 Å². The number of alkyl carbamates (subject to hydrolysis) is 1. The summed E-state index contributed by atoms with van der Waals surface area (Å²) in [5.41, 5.74) is 0.274. The minimum atomic E-state index is -3.87. The average molecular weight is 415 g/mol. The van der Waals surface area contributed by atoms with Gasteiger partial charge in [0.15, 0.2) is 13.5 Å². The fourth-order valence-electron chi connectivity index (χ4n) is 0.706. The number of esters is 1. The van der Waals surface area contributed by atoms with Crippen molar-refractivity contribution in [1.29, 1.82) is 0 Å². The summed E-state index contributed by atoms with van der Waals surface area (Å²) in [5.74, 6) is -0.536. The smallest absolute Gasteiger partial charge is 0.409 e. The van der Waals surface area contributed by atoms with E-state index in [2.05, 4.69) is 31.0 Å². The van der Waals surface area contributed by atoms with Crippen molar-refractivity contribution in [3.8, 4) is 0 Å². The maximum atomic E-state index is 11.6. The van der Waals surface area contributed by atoms with Gasteiger partial charge in [-0.3, -0.25) is 9.13 Å². The Kier molecular flexibility index (Phi) is 22.3. The van der Waals surface area contributed by atoms with Gasteiger partial charge in [-0.25, -0.2) is 18.4 Å². The van der Waals surface area contributed by atoms with Crippen molar-refractivity contribution in [2.45, 2.75) is 26.4 Å². The molecule has 1 N–H and O–H groups in total. The Bertz CT molecular complexity index is 390. The van der Waals surface area contributed by atoms with Crippen molar-refractivity contribution in [2.24, 2.45) is 0 Å². The van der Waals surface area contributed by atoms with Crippen LogP contribution in [0.25, 0.3) is 0 Å². The lowest BCUT2D eigenvalue weighted by Crippen LogP contribution is -2.28. The van der Waals surface area contributed by atoms with E-state index in [4.69, 9.17) is 0 Å². The highest BCUT2D eigenvalue weighted by Crippen LogP contribution is 2.15. The molecule has 0 rings (SSSR count). The Hall–Kier alpha value is -2.02. The van der Waals surface area contributed by atoms with Gasteiger partial charge in [0.2, 0.25) is 6.86 Å². The molecule has 0 fully saturated rings. The molecule has 0 atom stereocenters. The van der Waals surface area contributed by atoms with Gasteiger partial charge in [0.1, 0.15) is 6.61 Å². The highest BCUT2D eigenvalue weighted by Gasteiger charge is 2.31. The lowest BCUT2D eigenvalue weighted by molar-refractivity contribution is -0.312. The van der Waals surface area contributed by atoms with Gasteiger partial charge >= 0.3 is 18.2 Å². The van der Waals surface area contributed by atoms with Crippen LogP contribution in [0, 0.1) is 0 Å². The first kappa shape index (κ1) is 29.7. The van der Waals surface area contributed by atoms with Gasteiger partial charge in [-0.2, -0.15) is 13.7 Å². The van der Waals surface area contributed by atoms with Gasteiger partial charge in [0.25, 0.3) is 0 Å². The predicted octanol–water partition coefficient (Wildman–Crippen LogP) is 3.55. The number of ether oxygens (including phenoxy) is 3. The summed E-state index contributed by atoms with van der Waals surface area (Å²) in [6.45, 7) is 2.11. The van der Waals surface area contributed by atoms with E-state index in [0.29, 0.717) is 6.42 Å². The van der Waals surface area contributed by atoms with Crippen LogP contribution >= 0.6 is 0 Å². The van der Waals surface area contributed by atoms with Crippen LogP contribution in [-0.4, -0.2) is 58.3 Å². The second-order valence-electron chi connectivity index (χ2n) is 4.22. The van der Waals surface area contributed by atoms with Crippen LogP contribution in [-0.2, 0) is 23.9 Å². The van der Waals surface area contributed by atoms with Crippen molar-refractivity contribution in [3.63, 3.8) is 0 Å².